The van der Waals surface area contributed by atoms with Crippen molar-refractivity contribution in [3.8, 4) is 0 Å². The van der Waals surface area contributed by atoms with Crippen LogP contribution in [0.3, 0.4) is 0 Å². The number of nitrogens with zero attached hydrogens (tertiary/aromatic N) is 2. The summed E-state index contributed by atoms with van der Waals surface area (Å²) in [5, 5.41) is -0.558. The first-order valence-electron chi connectivity index (χ1n) is 20.6. The van der Waals surface area contributed by atoms with E-state index in [2.05, 4.69) is 13.8 Å². The topological polar surface area (TPSA) is 126 Å². The maximum atomic E-state index is 14.7. The standard InChI is InChI=1S/C41H64N2O7S/c1-40(2)32-27-43-37(36(32)40)33(45)25-29(38(47)34(46)23-28-17-18-28)15-11-8-6-4-5-7-9-12-16-30(39(43)48)24-31(44)26-41(20-13-10-14-21-41)35-19-22-42(3)51(35,49)50/h28-30,32,35-37H,4-27H2,1-3H3/t29-,30-,32+,35+,36+,37-/m1/s1. The summed E-state index contributed by atoms with van der Waals surface area (Å²) in [6, 6.07) is -0.636. The summed E-state index contributed by atoms with van der Waals surface area (Å²) in [6.45, 7) is 5.27. The second-order valence-corrected chi connectivity index (χ2v) is 20.5. The van der Waals surface area contributed by atoms with Gasteiger partial charge in [0.2, 0.25) is 21.7 Å². The van der Waals surface area contributed by atoms with Gasteiger partial charge in [-0.3, -0.25) is 24.0 Å². The van der Waals surface area contributed by atoms with Crippen LogP contribution in [0.2, 0.25) is 0 Å². The van der Waals surface area contributed by atoms with Crippen LogP contribution in [-0.4, -0.2) is 78.1 Å². The quantitative estimate of drug-likeness (QED) is 0.238. The molecule has 286 valence electrons. The molecule has 3 aliphatic heterocycles. The lowest BCUT2D eigenvalue weighted by atomic mass is 9.67. The average molecular weight is 729 g/mol. The molecule has 3 saturated heterocycles. The Morgan fingerprint density at radius 2 is 1.39 bits per heavy atom. The molecule has 0 radical (unpaired) electrons. The van der Waals surface area contributed by atoms with E-state index < -0.39 is 44.3 Å². The maximum Gasteiger partial charge on any atom is 0.226 e. The number of sulfonamides is 1. The van der Waals surface area contributed by atoms with Gasteiger partial charge in [0.25, 0.3) is 0 Å². The van der Waals surface area contributed by atoms with Gasteiger partial charge >= 0.3 is 0 Å². The Bertz CT molecular complexity index is 1450. The van der Waals surface area contributed by atoms with Gasteiger partial charge < -0.3 is 4.90 Å². The minimum atomic E-state index is -3.48. The van der Waals surface area contributed by atoms with Crippen molar-refractivity contribution in [3.63, 3.8) is 0 Å². The zero-order valence-corrected chi connectivity index (χ0v) is 32.5. The Morgan fingerprint density at radius 1 is 0.784 bits per heavy atom. The molecule has 0 N–H and O–H groups in total. The number of rotatable bonds is 9. The van der Waals surface area contributed by atoms with Crippen molar-refractivity contribution in [3.05, 3.63) is 0 Å². The van der Waals surface area contributed by atoms with Gasteiger partial charge in [0.05, 0.1) is 11.3 Å². The zero-order valence-electron chi connectivity index (χ0n) is 31.7. The molecule has 0 unspecified atom stereocenters. The molecule has 0 aromatic rings. The molecule has 3 heterocycles. The largest absolute Gasteiger partial charge is 0.332 e. The molecular weight excluding hydrogens is 665 g/mol. The van der Waals surface area contributed by atoms with Crippen molar-refractivity contribution in [2.45, 2.75) is 166 Å². The summed E-state index contributed by atoms with van der Waals surface area (Å²) < 4.78 is 28.3. The van der Waals surface area contributed by atoms with Crippen LogP contribution in [0.5, 0.6) is 0 Å². The predicted octanol–water partition coefficient (Wildman–Crippen LogP) is 6.85. The van der Waals surface area contributed by atoms with E-state index in [9.17, 15) is 32.4 Å². The van der Waals surface area contributed by atoms with Gasteiger partial charge in [-0.05, 0) is 73.5 Å². The maximum absolute atomic E-state index is 14.7. The number of carbonyl (C=O) groups is 5. The fraction of sp³-hybridized carbons (Fsp3) is 0.878. The van der Waals surface area contributed by atoms with E-state index in [-0.39, 0.29) is 66.2 Å². The number of piperidine rings is 1. The lowest BCUT2D eigenvalue weighted by Gasteiger charge is -2.41. The minimum absolute atomic E-state index is 0.000583. The first kappa shape index (κ1) is 38.8. The summed E-state index contributed by atoms with van der Waals surface area (Å²) in [5.74, 6) is -1.67. The van der Waals surface area contributed by atoms with Crippen LogP contribution >= 0.6 is 0 Å². The van der Waals surface area contributed by atoms with Crippen LogP contribution in [-0.2, 0) is 34.0 Å². The highest BCUT2D eigenvalue weighted by Gasteiger charge is 2.69. The molecule has 0 bridgehead atoms. The molecule has 0 aromatic carbocycles. The first-order valence-corrected chi connectivity index (χ1v) is 22.1. The number of ketones is 4. The van der Waals surface area contributed by atoms with E-state index >= 15 is 0 Å². The highest BCUT2D eigenvalue weighted by Crippen LogP contribution is 2.65. The zero-order chi connectivity index (χ0) is 36.6. The second kappa shape index (κ2) is 15.8. The Labute approximate surface area is 306 Å². The fourth-order valence-corrected chi connectivity index (χ4v) is 13.0. The summed E-state index contributed by atoms with van der Waals surface area (Å²) in [6.07, 6.45) is 16.4. The highest BCUT2D eigenvalue weighted by atomic mass is 32.2. The van der Waals surface area contributed by atoms with Crippen molar-refractivity contribution >= 4 is 39.1 Å². The fourth-order valence-electron chi connectivity index (χ4n) is 10.9. The SMILES string of the molecule is CN1CC[C@@H](C2(CC(=O)C[C@H]3CCCCCCCCCC[C@@H](C(=O)C(=O)CC4CC4)CC(=O)[C@@H]4[C@@H]5[C@H](CN4C3=O)C5(C)C)CCCCC2)S1(=O)=O. The van der Waals surface area contributed by atoms with Crippen LogP contribution < -0.4 is 0 Å². The van der Waals surface area contributed by atoms with E-state index in [0.717, 1.165) is 96.3 Å². The number of carbonyl (C=O) groups excluding carboxylic acids is 5. The van der Waals surface area contributed by atoms with Crippen molar-refractivity contribution < 1.29 is 32.4 Å². The third-order valence-corrected chi connectivity index (χ3v) is 16.9. The number of Topliss-reactive ketones (excluding diaryl/α,β-unsaturated/α-hetero) is 4. The molecule has 0 spiro atoms. The van der Waals surface area contributed by atoms with Crippen molar-refractivity contribution in [1.82, 2.24) is 9.21 Å². The molecule has 0 aromatic heterocycles. The number of hydrogen-bond acceptors (Lipinski definition) is 7. The van der Waals surface area contributed by atoms with Crippen LogP contribution in [0.25, 0.3) is 0 Å². The molecule has 1 amide bonds. The molecule has 10 heteroatoms. The first-order chi connectivity index (χ1) is 24.3. The Hall–Kier alpha value is -1.94. The van der Waals surface area contributed by atoms with Crippen LogP contribution in [0.4, 0.5) is 0 Å². The highest BCUT2D eigenvalue weighted by molar-refractivity contribution is 7.90. The molecule has 3 saturated carbocycles. The summed E-state index contributed by atoms with van der Waals surface area (Å²) in [7, 11) is -1.85. The molecule has 3 aliphatic carbocycles. The van der Waals surface area contributed by atoms with Gasteiger partial charge in [-0.2, -0.15) is 0 Å². The number of hydrogen-bond donors (Lipinski definition) is 0. The third kappa shape index (κ3) is 8.42. The Morgan fingerprint density at radius 3 is 2.00 bits per heavy atom. The summed E-state index contributed by atoms with van der Waals surface area (Å²) in [5.41, 5.74) is -0.676. The second-order valence-electron chi connectivity index (χ2n) is 18.3. The van der Waals surface area contributed by atoms with E-state index in [1.165, 1.54) is 4.31 Å². The lowest BCUT2D eigenvalue weighted by molar-refractivity contribution is -0.146. The molecule has 6 atom stereocenters. The molecular formula is C41H64N2O7S. The third-order valence-electron chi connectivity index (χ3n) is 14.3. The molecule has 6 fully saturated rings. The van der Waals surface area contributed by atoms with E-state index in [1.807, 2.05) is 0 Å². The molecule has 9 nitrogen and oxygen atoms in total. The Kier molecular flexibility index (Phi) is 12.0. The van der Waals surface area contributed by atoms with Gasteiger partial charge in [0.15, 0.2) is 11.6 Å². The molecule has 6 rings (SSSR count). The normalized spacial score (nSPS) is 34.7. The van der Waals surface area contributed by atoms with Crippen LogP contribution in [0.1, 0.15) is 155 Å². The van der Waals surface area contributed by atoms with Gasteiger partial charge in [0.1, 0.15) is 5.78 Å². The van der Waals surface area contributed by atoms with Crippen molar-refractivity contribution in [2.24, 2.45) is 40.4 Å². The van der Waals surface area contributed by atoms with E-state index in [1.54, 1.807) is 11.9 Å². The van der Waals surface area contributed by atoms with Crippen molar-refractivity contribution in [2.75, 3.05) is 20.1 Å². The molecule has 6 aliphatic rings. The van der Waals surface area contributed by atoms with E-state index in [0.29, 0.717) is 38.3 Å². The van der Waals surface area contributed by atoms with E-state index in [4.69, 9.17) is 0 Å². The smallest absolute Gasteiger partial charge is 0.226 e. The average Bonchev–Trinajstić information content (AvgIpc) is 3.89. The molecule has 51 heavy (non-hydrogen) atoms. The lowest BCUT2D eigenvalue weighted by Crippen LogP contribution is -2.49. The van der Waals surface area contributed by atoms with Gasteiger partial charge in [-0.25, -0.2) is 12.7 Å². The minimum Gasteiger partial charge on any atom is -0.332 e. The Balaban J connectivity index is 1.22. The van der Waals surface area contributed by atoms with Gasteiger partial charge in [-0.1, -0.05) is 84.5 Å². The van der Waals surface area contributed by atoms with Gasteiger partial charge in [0, 0.05) is 57.7 Å². The summed E-state index contributed by atoms with van der Waals surface area (Å²) in [4.78, 5) is 71.5. The monoisotopic (exact) mass is 728 g/mol. The van der Waals surface area contributed by atoms with Crippen molar-refractivity contribution in [1.29, 1.82) is 0 Å². The number of amides is 1. The summed E-state index contributed by atoms with van der Waals surface area (Å²) >= 11 is 0. The van der Waals surface area contributed by atoms with Crippen LogP contribution in [0.15, 0.2) is 0 Å². The predicted molar refractivity (Wildman–Crippen MR) is 196 cm³/mol. The van der Waals surface area contributed by atoms with Gasteiger partial charge in [-0.15, -0.1) is 0 Å². The van der Waals surface area contributed by atoms with Crippen LogP contribution in [0, 0.1) is 40.4 Å². The number of fused-ring (bicyclic) bond motifs is 3.